The van der Waals surface area contributed by atoms with Crippen molar-refractivity contribution in [2.75, 3.05) is 0 Å². The van der Waals surface area contributed by atoms with Gasteiger partial charge in [-0.25, -0.2) is 4.79 Å². The quantitative estimate of drug-likeness (QED) is 0.844. The fourth-order valence-electron chi connectivity index (χ4n) is 2.60. The zero-order valence-corrected chi connectivity index (χ0v) is 11.2. The van der Waals surface area contributed by atoms with E-state index in [4.69, 9.17) is 4.42 Å². The van der Waals surface area contributed by atoms with Crippen LogP contribution in [-0.4, -0.2) is 28.8 Å². The number of furan rings is 1. The van der Waals surface area contributed by atoms with Gasteiger partial charge in [-0.3, -0.25) is 19.8 Å². The Labute approximate surface area is 116 Å². The highest BCUT2D eigenvalue weighted by atomic mass is 16.3. The molecule has 1 unspecified atom stereocenters. The maximum Gasteiger partial charge on any atom is 0.331 e. The van der Waals surface area contributed by atoms with Crippen molar-refractivity contribution in [3.05, 3.63) is 24.2 Å². The van der Waals surface area contributed by atoms with Crippen molar-refractivity contribution in [3.8, 4) is 0 Å². The first-order valence-electron chi connectivity index (χ1n) is 6.76. The molecule has 1 aromatic rings. The highest BCUT2D eigenvalue weighted by Gasteiger charge is 2.62. The molecule has 4 amide bonds. The second kappa shape index (κ2) is 4.47. The minimum absolute atomic E-state index is 0.266. The van der Waals surface area contributed by atoms with E-state index in [2.05, 4.69) is 5.32 Å². The Balaban J connectivity index is 1.70. The van der Waals surface area contributed by atoms with E-state index in [0.29, 0.717) is 25.7 Å². The largest absolute Gasteiger partial charge is 0.469 e. The predicted octanol–water partition coefficient (Wildman–Crippen LogP) is 1.46. The highest BCUT2D eigenvalue weighted by Crippen LogP contribution is 2.49. The number of urea groups is 1. The van der Waals surface area contributed by atoms with Crippen LogP contribution in [0.4, 0.5) is 4.79 Å². The van der Waals surface area contributed by atoms with Gasteiger partial charge in [0, 0.05) is 12.5 Å². The van der Waals surface area contributed by atoms with Gasteiger partial charge in [0.2, 0.25) is 11.8 Å². The van der Waals surface area contributed by atoms with E-state index in [9.17, 15) is 14.4 Å². The molecular formula is C14H16N2O4. The molecule has 2 aliphatic rings. The monoisotopic (exact) mass is 276 g/mol. The first kappa shape index (κ1) is 12.9. The average Bonchev–Trinajstić information content (AvgIpc) is 3.05. The van der Waals surface area contributed by atoms with Gasteiger partial charge in [-0.2, -0.15) is 0 Å². The summed E-state index contributed by atoms with van der Waals surface area (Å²) < 4.78 is 5.24. The molecule has 2 fully saturated rings. The van der Waals surface area contributed by atoms with Gasteiger partial charge in [-0.1, -0.05) is 0 Å². The van der Waals surface area contributed by atoms with Crippen LogP contribution in [0.1, 0.15) is 31.9 Å². The Kier molecular flexibility index (Phi) is 2.88. The molecule has 2 heterocycles. The van der Waals surface area contributed by atoms with Gasteiger partial charge in [0.25, 0.3) is 0 Å². The lowest BCUT2D eigenvalue weighted by Crippen LogP contribution is -2.61. The molecule has 106 valence electrons. The van der Waals surface area contributed by atoms with Crippen molar-refractivity contribution in [1.29, 1.82) is 0 Å². The number of nitrogens with zero attached hydrogens (tertiary/aromatic N) is 1. The van der Waals surface area contributed by atoms with Crippen LogP contribution in [0.3, 0.4) is 0 Å². The molecule has 6 nitrogen and oxygen atoms in total. The third kappa shape index (κ3) is 1.92. The highest BCUT2D eigenvalue weighted by molar-refractivity contribution is 6.21. The zero-order chi connectivity index (χ0) is 14.3. The second-order valence-corrected chi connectivity index (χ2v) is 5.48. The van der Waals surface area contributed by atoms with Crippen molar-refractivity contribution in [1.82, 2.24) is 10.2 Å². The molecule has 20 heavy (non-hydrogen) atoms. The predicted molar refractivity (Wildman–Crippen MR) is 68.5 cm³/mol. The minimum Gasteiger partial charge on any atom is -0.469 e. The number of hydrogen-bond donors (Lipinski definition) is 1. The van der Waals surface area contributed by atoms with Crippen LogP contribution in [0.2, 0.25) is 0 Å². The topological polar surface area (TPSA) is 79.6 Å². The van der Waals surface area contributed by atoms with Gasteiger partial charge in [0.1, 0.15) is 11.2 Å². The number of carbonyl (C=O) groups excluding carboxylic acids is 3. The molecule has 3 rings (SSSR count). The van der Waals surface area contributed by atoms with Crippen molar-refractivity contribution < 1.29 is 18.8 Å². The van der Waals surface area contributed by atoms with Gasteiger partial charge in [0.15, 0.2) is 0 Å². The van der Waals surface area contributed by atoms with E-state index in [1.54, 1.807) is 12.3 Å². The first-order chi connectivity index (χ1) is 9.54. The van der Waals surface area contributed by atoms with E-state index in [1.165, 1.54) is 4.90 Å². The van der Waals surface area contributed by atoms with Gasteiger partial charge < -0.3 is 4.42 Å². The maximum absolute atomic E-state index is 12.4. The second-order valence-electron chi connectivity index (χ2n) is 5.48. The Morgan fingerprint density at radius 3 is 2.75 bits per heavy atom. The summed E-state index contributed by atoms with van der Waals surface area (Å²) in [7, 11) is 0. The number of carbonyl (C=O) groups is 3. The SMILES string of the molecule is CC(CCc1ccco1)N1C(=O)NC(=O)C2(CC2)C1=O. The van der Waals surface area contributed by atoms with Crippen LogP contribution in [0.25, 0.3) is 0 Å². The Morgan fingerprint density at radius 2 is 2.15 bits per heavy atom. The van der Waals surface area contributed by atoms with Crippen LogP contribution in [0.5, 0.6) is 0 Å². The van der Waals surface area contributed by atoms with Gasteiger partial charge >= 0.3 is 6.03 Å². The van der Waals surface area contributed by atoms with Crippen LogP contribution in [0, 0.1) is 5.41 Å². The summed E-state index contributed by atoms with van der Waals surface area (Å²) in [5.74, 6) is 0.0270. The summed E-state index contributed by atoms with van der Waals surface area (Å²) in [5, 5.41) is 2.29. The molecular weight excluding hydrogens is 260 g/mol. The molecule has 0 aromatic carbocycles. The Hall–Kier alpha value is -2.11. The zero-order valence-electron chi connectivity index (χ0n) is 11.2. The van der Waals surface area contributed by atoms with Gasteiger partial charge in [-0.15, -0.1) is 0 Å². The van der Waals surface area contributed by atoms with Crippen molar-refractivity contribution in [2.24, 2.45) is 5.41 Å². The molecule has 1 aliphatic carbocycles. The summed E-state index contributed by atoms with van der Waals surface area (Å²) in [4.78, 5) is 37.1. The summed E-state index contributed by atoms with van der Waals surface area (Å²) in [6, 6.07) is 2.79. The summed E-state index contributed by atoms with van der Waals surface area (Å²) >= 11 is 0. The van der Waals surface area contributed by atoms with E-state index in [-0.39, 0.29) is 11.9 Å². The number of hydrogen-bond acceptors (Lipinski definition) is 4. The molecule has 1 saturated carbocycles. The fourth-order valence-corrected chi connectivity index (χ4v) is 2.60. The van der Waals surface area contributed by atoms with Crippen LogP contribution < -0.4 is 5.32 Å². The molecule has 1 atom stereocenters. The van der Waals surface area contributed by atoms with Gasteiger partial charge in [-0.05, 0) is 38.3 Å². The lowest BCUT2D eigenvalue weighted by molar-refractivity contribution is -0.146. The summed E-state index contributed by atoms with van der Waals surface area (Å²) in [6.07, 6.45) is 3.92. The van der Waals surface area contributed by atoms with Crippen LogP contribution in [-0.2, 0) is 16.0 Å². The lowest BCUT2D eigenvalue weighted by Gasteiger charge is -2.34. The molecule has 1 N–H and O–H groups in total. The third-order valence-electron chi connectivity index (χ3n) is 4.08. The standard InChI is InChI=1S/C14H16N2O4/c1-9(4-5-10-3-2-8-20-10)16-12(18)14(6-7-14)11(17)15-13(16)19/h2-3,8-9H,4-7H2,1H3,(H,15,17,19). The first-order valence-corrected chi connectivity index (χ1v) is 6.76. The number of nitrogens with one attached hydrogen (secondary N) is 1. The van der Waals surface area contributed by atoms with Crippen molar-refractivity contribution in [3.63, 3.8) is 0 Å². The third-order valence-corrected chi connectivity index (χ3v) is 4.08. The van der Waals surface area contributed by atoms with Crippen LogP contribution >= 0.6 is 0 Å². The maximum atomic E-state index is 12.4. The fraction of sp³-hybridized carbons (Fsp3) is 0.500. The molecule has 1 saturated heterocycles. The van der Waals surface area contributed by atoms with Crippen LogP contribution in [0.15, 0.2) is 22.8 Å². The summed E-state index contributed by atoms with van der Waals surface area (Å²) in [5.41, 5.74) is -0.965. The average molecular weight is 276 g/mol. The number of amides is 4. The van der Waals surface area contributed by atoms with Gasteiger partial charge in [0.05, 0.1) is 6.26 Å². The number of aryl methyl sites for hydroxylation is 1. The number of rotatable bonds is 4. The Bertz CT molecular complexity index is 560. The molecule has 6 heteroatoms. The number of barbiturate groups is 1. The lowest BCUT2D eigenvalue weighted by atomic mass is 9.99. The number of imide groups is 2. The Morgan fingerprint density at radius 1 is 1.40 bits per heavy atom. The molecule has 1 spiro atoms. The minimum atomic E-state index is -0.965. The van der Waals surface area contributed by atoms with E-state index in [1.807, 2.05) is 13.0 Å². The smallest absolute Gasteiger partial charge is 0.331 e. The summed E-state index contributed by atoms with van der Waals surface area (Å²) in [6.45, 7) is 1.81. The molecule has 1 aliphatic heterocycles. The molecule has 0 bridgehead atoms. The van der Waals surface area contributed by atoms with Crippen molar-refractivity contribution >= 4 is 17.8 Å². The molecule has 1 aromatic heterocycles. The van der Waals surface area contributed by atoms with E-state index < -0.39 is 17.4 Å². The van der Waals surface area contributed by atoms with E-state index in [0.717, 1.165) is 5.76 Å². The molecule has 0 radical (unpaired) electrons. The van der Waals surface area contributed by atoms with E-state index >= 15 is 0 Å². The normalized spacial score (nSPS) is 22.1. The van der Waals surface area contributed by atoms with Crippen molar-refractivity contribution in [2.45, 2.75) is 38.6 Å².